The maximum atomic E-state index is 12.0. The number of benzene rings is 2. The van der Waals surface area contributed by atoms with Gasteiger partial charge in [-0.15, -0.1) is 0 Å². The van der Waals surface area contributed by atoms with Gasteiger partial charge in [-0.1, -0.05) is 34.1 Å². The van der Waals surface area contributed by atoms with E-state index in [0.717, 1.165) is 21.3 Å². The lowest BCUT2D eigenvalue weighted by molar-refractivity contribution is 0.262. The lowest BCUT2D eigenvalue weighted by atomic mass is 10.1. The molecule has 2 aromatic carbocycles. The van der Waals surface area contributed by atoms with E-state index in [0.29, 0.717) is 5.69 Å². The summed E-state index contributed by atoms with van der Waals surface area (Å²) in [7, 11) is 0. The normalized spacial score (nSPS) is 11.8. The highest BCUT2D eigenvalue weighted by atomic mass is 79.9. The Morgan fingerprint density at radius 2 is 1.81 bits per heavy atom. The first-order valence-corrected chi connectivity index (χ1v) is 7.44. The molecule has 0 aliphatic carbocycles. The molecular formula is C16H18BrN3O. The first-order chi connectivity index (χ1) is 9.95. The highest BCUT2D eigenvalue weighted by Gasteiger charge is 2.06. The lowest BCUT2D eigenvalue weighted by Crippen LogP contribution is -2.19. The number of aryl methyl sites for hydroxylation is 1. The van der Waals surface area contributed by atoms with Crippen molar-refractivity contribution in [1.82, 2.24) is 0 Å². The average Bonchev–Trinajstić information content (AvgIpc) is 2.43. The Morgan fingerprint density at radius 3 is 2.43 bits per heavy atom. The zero-order valence-corrected chi connectivity index (χ0v) is 13.6. The number of rotatable bonds is 3. The fraction of sp³-hybridized carbons (Fsp3) is 0.188. The largest absolute Gasteiger partial charge is 0.324 e. The third-order valence-corrected chi connectivity index (χ3v) is 3.95. The van der Waals surface area contributed by atoms with Gasteiger partial charge in [0.05, 0.1) is 0 Å². The van der Waals surface area contributed by atoms with Gasteiger partial charge >= 0.3 is 6.03 Å². The molecule has 1 atom stereocenters. The van der Waals surface area contributed by atoms with Crippen LogP contribution in [0.2, 0.25) is 0 Å². The highest BCUT2D eigenvalue weighted by molar-refractivity contribution is 9.10. The van der Waals surface area contributed by atoms with Crippen molar-refractivity contribution >= 4 is 33.3 Å². The summed E-state index contributed by atoms with van der Waals surface area (Å²) in [4.78, 5) is 12.0. The van der Waals surface area contributed by atoms with Crippen molar-refractivity contribution < 1.29 is 4.79 Å². The van der Waals surface area contributed by atoms with Gasteiger partial charge in [-0.05, 0) is 49.2 Å². The van der Waals surface area contributed by atoms with E-state index >= 15 is 0 Å². The van der Waals surface area contributed by atoms with Gasteiger partial charge in [0.1, 0.15) is 0 Å². The monoisotopic (exact) mass is 347 g/mol. The van der Waals surface area contributed by atoms with Crippen LogP contribution in [0, 0.1) is 6.92 Å². The molecule has 0 fully saturated rings. The van der Waals surface area contributed by atoms with Crippen molar-refractivity contribution in [3.63, 3.8) is 0 Å². The van der Waals surface area contributed by atoms with Crippen molar-refractivity contribution in [1.29, 1.82) is 0 Å². The molecule has 2 amide bonds. The second kappa shape index (κ2) is 6.74. The number of amides is 2. The lowest BCUT2D eigenvalue weighted by Gasteiger charge is -2.11. The number of anilines is 2. The molecule has 2 aromatic rings. The van der Waals surface area contributed by atoms with E-state index < -0.39 is 0 Å². The van der Waals surface area contributed by atoms with Crippen molar-refractivity contribution in [2.24, 2.45) is 5.73 Å². The molecule has 0 heterocycles. The van der Waals surface area contributed by atoms with Crippen molar-refractivity contribution in [2.45, 2.75) is 19.9 Å². The van der Waals surface area contributed by atoms with Crippen molar-refractivity contribution in [3.05, 3.63) is 58.1 Å². The summed E-state index contributed by atoms with van der Waals surface area (Å²) >= 11 is 3.44. The molecule has 4 N–H and O–H groups in total. The predicted molar refractivity (Wildman–Crippen MR) is 90.6 cm³/mol. The third-order valence-electron chi connectivity index (χ3n) is 3.10. The first kappa shape index (κ1) is 15.5. The van der Waals surface area contributed by atoms with Gasteiger partial charge in [-0.25, -0.2) is 4.79 Å². The first-order valence-electron chi connectivity index (χ1n) is 6.65. The van der Waals surface area contributed by atoms with E-state index in [9.17, 15) is 4.79 Å². The number of nitrogens with one attached hydrogen (secondary N) is 2. The van der Waals surface area contributed by atoms with Crippen LogP contribution in [0.5, 0.6) is 0 Å². The van der Waals surface area contributed by atoms with E-state index in [2.05, 4.69) is 26.6 Å². The van der Waals surface area contributed by atoms with E-state index in [4.69, 9.17) is 5.73 Å². The van der Waals surface area contributed by atoms with Gasteiger partial charge in [-0.2, -0.15) is 0 Å². The standard InChI is InChI=1S/C16H18BrN3O/c1-10-6-7-14(9-15(10)17)20-16(21)19-13-5-3-4-12(8-13)11(2)18/h3-9,11H,18H2,1-2H3,(H2,19,20,21). The zero-order chi connectivity index (χ0) is 15.4. The van der Waals surface area contributed by atoms with Crippen LogP contribution in [-0.4, -0.2) is 6.03 Å². The summed E-state index contributed by atoms with van der Waals surface area (Å²) < 4.78 is 0.958. The average molecular weight is 348 g/mol. The molecule has 0 aliphatic rings. The van der Waals surface area contributed by atoms with Crippen LogP contribution in [0.1, 0.15) is 24.1 Å². The van der Waals surface area contributed by atoms with E-state index in [1.165, 1.54) is 0 Å². The number of carbonyl (C=O) groups is 1. The van der Waals surface area contributed by atoms with E-state index in [1.54, 1.807) is 0 Å². The fourth-order valence-corrected chi connectivity index (χ4v) is 2.24. The van der Waals surface area contributed by atoms with Crippen LogP contribution in [0.25, 0.3) is 0 Å². The Morgan fingerprint density at radius 1 is 1.14 bits per heavy atom. The predicted octanol–water partition coefficient (Wildman–Crippen LogP) is 4.42. The maximum absolute atomic E-state index is 12.0. The summed E-state index contributed by atoms with van der Waals surface area (Å²) in [5.41, 5.74) is 9.37. The van der Waals surface area contributed by atoms with Crippen LogP contribution < -0.4 is 16.4 Å². The molecule has 0 bridgehead atoms. The smallest absolute Gasteiger partial charge is 0.323 e. The second-order valence-corrected chi connectivity index (χ2v) is 5.81. The number of urea groups is 1. The molecule has 4 nitrogen and oxygen atoms in total. The molecule has 0 saturated heterocycles. The zero-order valence-electron chi connectivity index (χ0n) is 12.0. The Labute approximate surface area is 132 Å². The van der Waals surface area contributed by atoms with Gasteiger partial charge in [0.25, 0.3) is 0 Å². The van der Waals surface area contributed by atoms with Crippen LogP contribution in [0.15, 0.2) is 46.9 Å². The van der Waals surface area contributed by atoms with Crippen LogP contribution >= 0.6 is 15.9 Å². The SMILES string of the molecule is Cc1ccc(NC(=O)Nc2cccc(C(C)N)c2)cc1Br. The highest BCUT2D eigenvalue weighted by Crippen LogP contribution is 2.21. The quantitative estimate of drug-likeness (QED) is 0.769. The number of halogens is 1. The van der Waals surface area contributed by atoms with E-state index in [1.807, 2.05) is 56.3 Å². The Bertz CT molecular complexity index is 656. The minimum absolute atomic E-state index is 0.0668. The third kappa shape index (κ3) is 4.31. The summed E-state index contributed by atoms with van der Waals surface area (Å²) in [5.74, 6) is 0. The van der Waals surface area contributed by atoms with Crippen molar-refractivity contribution in [2.75, 3.05) is 10.6 Å². The summed E-state index contributed by atoms with van der Waals surface area (Å²) in [6.07, 6.45) is 0. The Balaban J connectivity index is 2.04. The van der Waals surface area contributed by atoms with Gasteiger partial charge in [0.15, 0.2) is 0 Å². The molecule has 0 aromatic heterocycles. The molecule has 0 radical (unpaired) electrons. The molecule has 1 unspecified atom stereocenters. The van der Waals surface area contributed by atoms with Gasteiger partial charge < -0.3 is 16.4 Å². The molecule has 21 heavy (non-hydrogen) atoms. The van der Waals surface area contributed by atoms with E-state index in [-0.39, 0.29) is 12.1 Å². The molecule has 110 valence electrons. The fourth-order valence-electron chi connectivity index (χ4n) is 1.86. The molecule has 0 aliphatic heterocycles. The summed E-state index contributed by atoms with van der Waals surface area (Å²) in [6, 6.07) is 12.8. The summed E-state index contributed by atoms with van der Waals surface area (Å²) in [5, 5.41) is 5.59. The van der Waals surface area contributed by atoms with Gasteiger partial charge in [0, 0.05) is 21.9 Å². The topological polar surface area (TPSA) is 67.2 Å². The minimum atomic E-state index is -0.285. The molecule has 0 saturated carbocycles. The molecule has 0 spiro atoms. The Hall–Kier alpha value is -1.85. The minimum Gasteiger partial charge on any atom is -0.324 e. The van der Waals surface area contributed by atoms with Crippen molar-refractivity contribution in [3.8, 4) is 0 Å². The molecular weight excluding hydrogens is 330 g/mol. The summed E-state index contributed by atoms with van der Waals surface area (Å²) in [6.45, 7) is 3.90. The Kier molecular flexibility index (Phi) is 4.98. The van der Waals surface area contributed by atoms with Gasteiger partial charge in [0.2, 0.25) is 0 Å². The molecule has 2 rings (SSSR count). The maximum Gasteiger partial charge on any atom is 0.323 e. The second-order valence-electron chi connectivity index (χ2n) is 4.96. The van der Waals surface area contributed by atoms with Gasteiger partial charge in [-0.3, -0.25) is 0 Å². The number of nitrogens with two attached hydrogens (primary N) is 1. The number of carbonyl (C=O) groups excluding carboxylic acids is 1. The van der Waals surface area contributed by atoms with Crippen LogP contribution in [0.4, 0.5) is 16.2 Å². The van der Waals surface area contributed by atoms with Crippen LogP contribution in [-0.2, 0) is 0 Å². The number of hydrogen-bond donors (Lipinski definition) is 3. The molecule has 5 heteroatoms. The van der Waals surface area contributed by atoms with Crippen LogP contribution in [0.3, 0.4) is 0 Å². The number of hydrogen-bond acceptors (Lipinski definition) is 2.